The van der Waals surface area contributed by atoms with E-state index in [-0.39, 0.29) is 63.3 Å². The molecule has 2 aromatic heterocycles. The zero-order chi connectivity index (χ0) is 34.4. The zero-order valence-corrected chi connectivity index (χ0v) is 25.4. The van der Waals surface area contributed by atoms with Crippen molar-refractivity contribution in [2.75, 3.05) is 36.8 Å². The number of nitrogens with two attached hydrogens (primary N) is 1. The molecular formula is C35H33F5N6O. The minimum Gasteiger partial charge on any atom is -0.461 e. The first kappa shape index (κ1) is 27.8. The van der Waals surface area contributed by atoms with E-state index in [2.05, 4.69) is 20.9 Å². The average Bonchev–Trinajstić information content (AvgIpc) is 3.30. The van der Waals surface area contributed by atoms with Crippen LogP contribution in [0.2, 0.25) is 0 Å². The van der Waals surface area contributed by atoms with Gasteiger partial charge in [-0.1, -0.05) is 18.8 Å². The lowest BCUT2D eigenvalue weighted by Gasteiger charge is -2.31. The number of pyridine rings is 1. The van der Waals surface area contributed by atoms with Crippen molar-refractivity contribution >= 4 is 33.2 Å². The Labute approximate surface area is 271 Å². The highest BCUT2D eigenvalue weighted by atomic mass is 19.2. The maximum absolute atomic E-state index is 17.0. The van der Waals surface area contributed by atoms with Crippen LogP contribution in [0.1, 0.15) is 53.3 Å². The van der Waals surface area contributed by atoms with Gasteiger partial charge in [-0.3, -0.25) is 9.88 Å². The zero-order valence-electron chi connectivity index (χ0n) is 27.4. The number of halogens is 5. The maximum atomic E-state index is 17.0. The van der Waals surface area contributed by atoms with E-state index >= 15 is 8.78 Å². The van der Waals surface area contributed by atoms with Crippen LogP contribution in [0.3, 0.4) is 0 Å². The number of terminal acetylenes is 1. The van der Waals surface area contributed by atoms with Crippen LogP contribution in [0.5, 0.6) is 6.01 Å². The summed E-state index contributed by atoms with van der Waals surface area (Å²) in [6.45, 7) is -1.50. The summed E-state index contributed by atoms with van der Waals surface area (Å²) in [5.41, 5.74) is 3.85. The number of alkyl halides is 2. The second-order valence-electron chi connectivity index (χ2n) is 13.1. The molecule has 5 heterocycles. The van der Waals surface area contributed by atoms with Crippen LogP contribution in [0.15, 0.2) is 24.4 Å². The minimum absolute atomic E-state index is 0.00994. The molecular weight excluding hydrogens is 615 g/mol. The highest BCUT2D eigenvalue weighted by Gasteiger charge is 2.55. The van der Waals surface area contributed by atoms with Crippen LogP contribution in [0.4, 0.5) is 33.5 Å². The Hall–Kier alpha value is -4.24. The van der Waals surface area contributed by atoms with Crippen molar-refractivity contribution in [1.29, 1.82) is 0 Å². The van der Waals surface area contributed by atoms with Gasteiger partial charge in [-0.2, -0.15) is 9.97 Å². The van der Waals surface area contributed by atoms with E-state index in [1.165, 1.54) is 18.3 Å². The molecule has 5 atom stereocenters. The van der Waals surface area contributed by atoms with E-state index < -0.39 is 59.5 Å². The van der Waals surface area contributed by atoms with E-state index in [0.29, 0.717) is 38.8 Å². The van der Waals surface area contributed by atoms with Crippen molar-refractivity contribution in [2.24, 2.45) is 5.92 Å². The summed E-state index contributed by atoms with van der Waals surface area (Å²) in [5.74, 6) is -1.43. The molecule has 12 heteroatoms. The molecule has 4 aliphatic rings. The first-order valence-corrected chi connectivity index (χ1v) is 16.0. The van der Waals surface area contributed by atoms with Crippen LogP contribution in [-0.4, -0.2) is 70.0 Å². The summed E-state index contributed by atoms with van der Waals surface area (Å²) < 4.78 is 100. The molecule has 1 aliphatic carbocycles. The Kier molecular flexibility index (Phi) is 6.62. The van der Waals surface area contributed by atoms with Gasteiger partial charge < -0.3 is 15.4 Å². The van der Waals surface area contributed by atoms with Gasteiger partial charge in [0.25, 0.3) is 0 Å². The van der Waals surface area contributed by atoms with E-state index in [1.54, 1.807) is 9.80 Å². The molecule has 8 rings (SSSR count). The summed E-state index contributed by atoms with van der Waals surface area (Å²) in [4.78, 5) is 16.8. The van der Waals surface area contributed by atoms with Gasteiger partial charge in [0.15, 0.2) is 17.5 Å². The van der Waals surface area contributed by atoms with Crippen LogP contribution < -0.4 is 15.4 Å². The first-order chi connectivity index (χ1) is 23.4. The van der Waals surface area contributed by atoms with Gasteiger partial charge in [0.1, 0.15) is 35.9 Å². The molecule has 7 nitrogen and oxygen atoms in total. The molecule has 1 saturated carbocycles. The van der Waals surface area contributed by atoms with Crippen LogP contribution in [0.25, 0.3) is 32.9 Å². The van der Waals surface area contributed by atoms with Crippen molar-refractivity contribution in [1.82, 2.24) is 19.9 Å². The van der Waals surface area contributed by atoms with Crippen molar-refractivity contribution in [2.45, 2.75) is 68.9 Å². The lowest BCUT2D eigenvalue weighted by molar-refractivity contribution is 0.107. The Morgan fingerprint density at radius 2 is 1.94 bits per heavy atom. The third-order valence-corrected chi connectivity index (χ3v) is 10.2. The fourth-order valence-corrected chi connectivity index (χ4v) is 7.99. The SMILES string of the molecule is [2H]C([2H])(Oc1nc(N2CCCCC[C@H]3[C@@H](F)[C@H]32)c2cnc(-c3cc(N)cc4cc(F)c(F)c(C#C)c34)c(F)c2n1)[C@@]12CCCN1C[C@H](F)C2. The summed E-state index contributed by atoms with van der Waals surface area (Å²) >= 11 is 0. The quantitative estimate of drug-likeness (QED) is 0.150. The third-order valence-electron chi connectivity index (χ3n) is 10.2. The number of benzene rings is 2. The third kappa shape index (κ3) is 4.84. The topological polar surface area (TPSA) is 80.4 Å². The number of hydrogen-bond acceptors (Lipinski definition) is 7. The lowest BCUT2D eigenvalue weighted by Crippen LogP contribution is -2.43. The van der Waals surface area contributed by atoms with E-state index in [4.69, 9.17) is 19.6 Å². The van der Waals surface area contributed by atoms with Crippen molar-refractivity contribution in [3.63, 3.8) is 0 Å². The molecule has 0 bridgehead atoms. The van der Waals surface area contributed by atoms with E-state index in [1.807, 2.05) is 0 Å². The smallest absolute Gasteiger partial charge is 0.319 e. The van der Waals surface area contributed by atoms with Crippen LogP contribution >= 0.6 is 0 Å². The molecule has 244 valence electrons. The lowest BCUT2D eigenvalue weighted by atomic mass is 9.95. The predicted molar refractivity (Wildman–Crippen MR) is 169 cm³/mol. The maximum Gasteiger partial charge on any atom is 0.319 e. The van der Waals surface area contributed by atoms with Gasteiger partial charge >= 0.3 is 6.01 Å². The van der Waals surface area contributed by atoms with Crippen LogP contribution in [-0.2, 0) is 0 Å². The number of hydrogen-bond donors (Lipinski definition) is 1. The number of anilines is 2. The molecule has 0 spiro atoms. The molecule has 47 heavy (non-hydrogen) atoms. The fourth-order valence-electron chi connectivity index (χ4n) is 7.99. The van der Waals surface area contributed by atoms with E-state index in [0.717, 1.165) is 18.9 Å². The number of rotatable bonds is 5. The van der Waals surface area contributed by atoms with E-state index in [9.17, 15) is 13.2 Å². The fraction of sp³-hybridized carbons (Fsp3) is 0.457. The van der Waals surface area contributed by atoms with Gasteiger partial charge in [-0.05, 0) is 55.8 Å². The molecule has 3 saturated heterocycles. The largest absolute Gasteiger partial charge is 0.461 e. The molecule has 4 aromatic rings. The molecule has 0 radical (unpaired) electrons. The Morgan fingerprint density at radius 3 is 2.77 bits per heavy atom. The number of fused-ring (bicyclic) bond motifs is 4. The molecule has 0 unspecified atom stereocenters. The Balaban J connectivity index is 1.33. The Bertz CT molecular complexity index is 2060. The van der Waals surface area contributed by atoms with Crippen molar-refractivity contribution in [3.8, 4) is 29.6 Å². The monoisotopic (exact) mass is 650 g/mol. The molecule has 3 aliphatic heterocycles. The van der Waals surface area contributed by atoms with Gasteiger partial charge in [0.05, 0.1) is 25.3 Å². The summed E-state index contributed by atoms with van der Waals surface area (Å²) in [7, 11) is 0. The minimum atomic E-state index is -2.48. The molecule has 4 fully saturated rings. The summed E-state index contributed by atoms with van der Waals surface area (Å²) in [5, 5.41) is 0.262. The normalized spacial score (nSPS) is 28.3. The molecule has 2 N–H and O–H groups in total. The predicted octanol–water partition coefficient (Wildman–Crippen LogP) is 6.50. The van der Waals surface area contributed by atoms with Crippen LogP contribution in [0, 0.1) is 35.7 Å². The van der Waals surface area contributed by atoms with Crippen molar-refractivity contribution < 1.29 is 29.4 Å². The number of aromatic nitrogens is 3. The molecule has 2 aromatic carbocycles. The summed E-state index contributed by atoms with van der Waals surface area (Å²) in [6.07, 6.45) is 8.60. The molecule has 0 amide bonds. The number of nitrogens with zero attached hydrogens (tertiary/aromatic N) is 5. The van der Waals surface area contributed by atoms with Gasteiger partial charge in [0, 0.05) is 48.3 Å². The number of ether oxygens (including phenoxy) is 1. The summed E-state index contributed by atoms with van der Waals surface area (Å²) in [6, 6.07) is 2.62. The highest BCUT2D eigenvalue weighted by Crippen LogP contribution is 2.48. The van der Waals surface area contributed by atoms with Gasteiger partial charge in [-0.15, -0.1) is 6.42 Å². The second-order valence-corrected chi connectivity index (χ2v) is 13.1. The van der Waals surface area contributed by atoms with Crippen molar-refractivity contribution in [3.05, 3.63) is 47.4 Å². The van der Waals surface area contributed by atoms with Gasteiger partial charge in [-0.25, -0.2) is 22.0 Å². The van der Waals surface area contributed by atoms with Gasteiger partial charge in [0.2, 0.25) is 0 Å². The highest BCUT2D eigenvalue weighted by molar-refractivity contribution is 6.04. The Morgan fingerprint density at radius 1 is 1.09 bits per heavy atom. The average molecular weight is 651 g/mol. The standard InChI is InChI=1S/C35H33F5N6O/c1-2-21-26-18(12-25(37)27(21)38)11-20(41)13-23(26)30-29(40)31-24(15-42-30)33(46-10-5-3-4-7-22-28(39)32(22)46)44-34(43-31)47-17-35-8-6-9-45(35)16-19(36)14-35/h1,11-13,15,19,22,28,32H,3-10,14,16-17,41H2/t19-,22+,28-,32+,35+/m1/s1/i17D2. The first-order valence-electron chi connectivity index (χ1n) is 17.0. The second kappa shape index (κ2) is 11.2. The number of nitrogen functional groups attached to an aromatic ring is 1.